The number of fused-ring (bicyclic) bond motifs is 1. The number of nitrogen functional groups attached to an aromatic ring is 1. The first kappa shape index (κ1) is 21.2. The molecule has 0 radical (unpaired) electrons. The number of nitrogens with two attached hydrogens (primary N) is 1. The van der Waals surface area contributed by atoms with Gasteiger partial charge in [0.15, 0.2) is 17.8 Å². The number of hydrogen-bond donors (Lipinski definition) is 2. The number of nitrogens with zero attached hydrogens (tertiary/aromatic N) is 5. The quantitative estimate of drug-likeness (QED) is 0.663. The number of allylic oxidation sites excluding steroid dienone is 2. The molecule has 0 aromatic carbocycles. The Morgan fingerprint density at radius 3 is 2.81 bits per heavy atom. The predicted molar refractivity (Wildman–Crippen MR) is 109 cm³/mol. The van der Waals surface area contributed by atoms with E-state index < -0.39 is 29.5 Å². The number of ether oxygens (including phenoxy) is 1. The van der Waals surface area contributed by atoms with Crippen LogP contribution < -0.4 is 5.73 Å². The molecular weight excluding hydrogens is 431 g/mol. The number of halogens is 2. The Morgan fingerprint density at radius 1 is 1.48 bits per heavy atom. The molecule has 4 rings (SSSR count). The zero-order chi connectivity index (χ0) is 22.5. The van der Waals surface area contributed by atoms with Gasteiger partial charge in [-0.15, -0.1) is 0 Å². The van der Waals surface area contributed by atoms with Gasteiger partial charge < -0.3 is 20.5 Å². The van der Waals surface area contributed by atoms with Crippen molar-refractivity contribution < 1.29 is 23.8 Å². The zero-order valence-corrected chi connectivity index (χ0v) is 17.5. The van der Waals surface area contributed by atoms with Crippen molar-refractivity contribution in [3.05, 3.63) is 34.5 Å². The second kappa shape index (κ2) is 7.57. The lowest BCUT2D eigenvalue weighted by atomic mass is 9.73. The molecule has 0 bridgehead atoms. The maximum Gasteiger partial charge on any atom is 0.407 e. The molecule has 10 nitrogen and oxygen atoms in total. The molecule has 2 aliphatic rings. The highest BCUT2D eigenvalue weighted by atomic mass is 35.5. The molecule has 3 heterocycles. The molecule has 1 aliphatic carbocycles. The fourth-order valence-corrected chi connectivity index (χ4v) is 4.54. The molecule has 1 amide bonds. The minimum absolute atomic E-state index is 0.0956. The summed E-state index contributed by atoms with van der Waals surface area (Å²) in [5.74, 6) is -0.911. The number of carbonyl (C=O) groups excluding carboxylic acids is 1. The summed E-state index contributed by atoms with van der Waals surface area (Å²) in [5, 5.41) is 13.7. The highest BCUT2D eigenvalue weighted by molar-refractivity contribution is 6.31. The Balaban J connectivity index is 1.73. The summed E-state index contributed by atoms with van der Waals surface area (Å²) < 4.78 is 22.4. The molecule has 2 atom stereocenters. The van der Waals surface area contributed by atoms with E-state index in [0.29, 0.717) is 22.9 Å². The van der Waals surface area contributed by atoms with Crippen LogP contribution in [0.5, 0.6) is 0 Å². The average Bonchev–Trinajstić information content (AvgIpc) is 3.09. The van der Waals surface area contributed by atoms with Crippen LogP contribution in [0.4, 0.5) is 15.0 Å². The largest absolute Gasteiger partial charge is 0.465 e. The smallest absolute Gasteiger partial charge is 0.407 e. The van der Waals surface area contributed by atoms with Gasteiger partial charge in [0.25, 0.3) is 0 Å². The highest BCUT2D eigenvalue weighted by Crippen LogP contribution is 2.48. The van der Waals surface area contributed by atoms with Gasteiger partial charge in [-0.3, -0.25) is 4.79 Å². The van der Waals surface area contributed by atoms with Crippen LogP contribution in [-0.4, -0.2) is 67.9 Å². The van der Waals surface area contributed by atoms with Crippen LogP contribution in [0.15, 0.2) is 28.8 Å². The lowest BCUT2D eigenvalue weighted by molar-refractivity contribution is -0.0928. The Bertz CT molecular complexity index is 1140. The number of carbonyl (C=O) groups is 2. The van der Waals surface area contributed by atoms with E-state index in [0.717, 1.165) is 0 Å². The number of aldehydes is 1. The third-order valence-corrected chi connectivity index (χ3v) is 6.37. The van der Waals surface area contributed by atoms with Crippen LogP contribution >= 0.6 is 11.6 Å². The summed E-state index contributed by atoms with van der Waals surface area (Å²) in [6.07, 6.45) is 2.41. The Labute approximate surface area is 181 Å². The highest BCUT2D eigenvalue weighted by Gasteiger charge is 2.53. The number of likely N-dealkylation sites (tertiary alicyclic amines) is 1. The summed E-state index contributed by atoms with van der Waals surface area (Å²) >= 11 is 6.24. The van der Waals surface area contributed by atoms with Crippen molar-refractivity contribution in [3.63, 3.8) is 0 Å². The van der Waals surface area contributed by atoms with E-state index in [4.69, 9.17) is 27.2 Å². The number of amides is 1. The molecule has 1 saturated heterocycles. The minimum atomic E-state index is -1.40. The topological polar surface area (TPSA) is 136 Å². The van der Waals surface area contributed by atoms with Crippen LogP contribution in [0.25, 0.3) is 11.0 Å². The van der Waals surface area contributed by atoms with E-state index in [-0.39, 0.29) is 36.1 Å². The standard InChI is InChI=1S/C19H20ClFN6O4/c1-9(27-17-14(13(7-28)25-27)16(22)23-8-24-17)10-3-12(20)15(21)19(4-10,31-2)11-5-26(6-11)18(29)30/h3,7-9,11H,4-6H2,1-2H3,(H,29,30)(H2,22,23,24). The Kier molecular flexibility index (Phi) is 5.18. The van der Waals surface area contributed by atoms with E-state index in [1.54, 1.807) is 0 Å². The third-order valence-electron chi connectivity index (χ3n) is 6.10. The van der Waals surface area contributed by atoms with Crippen molar-refractivity contribution >= 4 is 40.8 Å². The predicted octanol–water partition coefficient (Wildman–Crippen LogP) is 2.53. The van der Waals surface area contributed by atoms with Gasteiger partial charge in [-0.2, -0.15) is 5.10 Å². The van der Waals surface area contributed by atoms with Gasteiger partial charge in [-0.05, 0) is 18.6 Å². The monoisotopic (exact) mass is 450 g/mol. The van der Waals surface area contributed by atoms with Crippen molar-refractivity contribution in [2.45, 2.75) is 25.0 Å². The first-order valence-electron chi connectivity index (χ1n) is 9.46. The minimum Gasteiger partial charge on any atom is -0.465 e. The molecule has 2 aromatic heterocycles. The number of aromatic nitrogens is 4. The Hall–Kier alpha value is -3.05. The van der Waals surface area contributed by atoms with Crippen LogP contribution in [-0.2, 0) is 4.74 Å². The van der Waals surface area contributed by atoms with Crippen LogP contribution in [0.1, 0.15) is 29.9 Å². The molecule has 164 valence electrons. The first-order chi connectivity index (χ1) is 14.7. The van der Waals surface area contributed by atoms with Crippen molar-refractivity contribution in [1.29, 1.82) is 0 Å². The molecule has 31 heavy (non-hydrogen) atoms. The number of rotatable bonds is 5. The summed E-state index contributed by atoms with van der Waals surface area (Å²) in [6, 6.07) is -0.475. The van der Waals surface area contributed by atoms with Gasteiger partial charge >= 0.3 is 6.09 Å². The summed E-state index contributed by atoms with van der Waals surface area (Å²) in [6.45, 7) is 2.07. The Morgan fingerprint density at radius 2 is 2.19 bits per heavy atom. The average molecular weight is 451 g/mol. The van der Waals surface area contributed by atoms with E-state index in [9.17, 15) is 9.59 Å². The molecule has 1 aliphatic heterocycles. The second-order valence-corrected chi connectivity index (χ2v) is 8.02. The molecular formula is C19H20ClFN6O4. The van der Waals surface area contributed by atoms with Crippen molar-refractivity contribution in [2.75, 3.05) is 25.9 Å². The van der Waals surface area contributed by atoms with Gasteiger partial charge in [0, 0.05) is 32.5 Å². The molecule has 12 heteroatoms. The van der Waals surface area contributed by atoms with Gasteiger partial charge in [-0.25, -0.2) is 23.8 Å². The molecule has 1 fully saturated rings. The number of anilines is 1. The number of carboxylic acid groups (broad SMARTS) is 1. The van der Waals surface area contributed by atoms with Crippen LogP contribution in [0.2, 0.25) is 0 Å². The van der Waals surface area contributed by atoms with Gasteiger partial charge in [0.05, 0.1) is 16.5 Å². The molecule has 0 saturated carbocycles. The van der Waals surface area contributed by atoms with Crippen molar-refractivity contribution in [2.24, 2.45) is 5.92 Å². The summed E-state index contributed by atoms with van der Waals surface area (Å²) in [4.78, 5) is 32.0. The lowest BCUT2D eigenvalue weighted by Gasteiger charge is -2.49. The molecule has 2 aromatic rings. The molecule has 3 N–H and O–H groups in total. The van der Waals surface area contributed by atoms with E-state index in [1.165, 1.54) is 29.1 Å². The fraction of sp³-hybridized carbons (Fsp3) is 0.421. The van der Waals surface area contributed by atoms with E-state index in [2.05, 4.69) is 15.1 Å². The molecule has 2 unspecified atom stereocenters. The second-order valence-electron chi connectivity index (χ2n) is 7.62. The van der Waals surface area contributed by atoms with E-state index in [1.807, 2.05) is 6.92 Å². The fourth-order valence-electron chi connectivity index (χ4n) is 4.24. The number of hydrogen-bond acceptors (Lipinski definition) is 7. The summed E-state index contributed by atoms with van der Waals surface area (Å²) in [7, 11) is 1.38. The maximum absolute atomic E-state index is 15.2. The number of methoxy groups -OCH3 is 1. The third kappa shape index (κ3) is 3.15. The van der Waals surface area contributed by atoms with Crippen molar-refractivity contribution in [3.8, 4) is 0 Å². The lowest BCUT2D eigenvalue weighted by Crippen LogP contribution is -2.61. The van der Waals surface area contributed by atoms with E-state index >= 15 is 4.39 Å². The summed E-state index contributed by atoms with van der Waals surface area (Å²) in [5.41, 5.74) is 5.64. The maximum atomic E-state index is 15.2. The SMILES string of the molecule is COC1(C2CN(C(=O)O)C2)CC(C(C)n2nc(C=O)c3c(N)ncnc32)=CC(Cl)=C1F. The molecule has 0 spiro atoms. The van der Waals surface area contributed by atoms with Gasteiger partial charge in [-0.1, -0.05) is 11.6 Å². The van der Waals surface area contributed by atoms with Gasteiger partial charge in [0.2, 0.25) is 0 Å². The van der Waals surface area contributed by atoms with Gasteiger partial charge in [0.1, 0.15) is 23.4 Å². The normalized spacial score (nSPS) is 23.0. The van der Waals surface area contributed by atoms with Crippen LogP contribution in [0.3, 0.4) is 0 Å². The zero-order valence-electron chi connectivity index (χ0n) is 16.7. The first-order valence-corrected chi connectivity index (χ1v) is 9.84. The van der Waals surface area contributed by atoms with Crippen molar-refractivity contribution in [1.82, 2.24) is 24.6 Å². The van der Waals surface area contributed by atoms with Crippen LogP contribution in [0, 0.1) is 5.92 Å².